The number of carbonyl (C=O) groups excluding carboxylic acids is 1. The van der Waals surface area contributed by atoms with Gasteiger partial charge in [0.2, 0.25) is 5.76 Å². The Morgan fingerprint density at radius 3 is 2.39 bits per heavy atom. The SMILES string of the molecule is COc1c(Cl)cc(NC(=O)N(S)c2coc(C(=O)O)c2)cc1Cl. The van der Waals surface area contributed by atoms with Crippen molar-refractivity contribution in [3.05, 3.63) is 40.3 Å². The maximum absolute atomic E-state index is 12.1. The monoisotopic (exact) mass is 376 g/mol. The first-order valence-corrected chi connectivity index (χ1v) is 7.14. The number of thiol groups is 1. The average molecular weight is 377 g/mol. The van der Waals surface area contributed by atoms with E-state index in [9.17, 15) is 9.59 Å². The van der Waals surface area contributed by atoms with Crippen LogP contribution >= 0.6 is 36.0 Å². The molecule has 0 spiro atoms. The summed E-state index contributed by atoms with van der Waals surface area (Å²) in [4.78, 5) is 22.9. The maximum Gasteiger partial charge on any atom is 0.371 e. The summed E-state index contributed by atoms with van der Waals surface area (Å²) < 4.78 is 10.7. The minimum absolute atomic E-state index is 0.147. The molecule has 0 saturated heterocycles. The lowest BCUT2D eigenvalue weighted by molar-refractivity contribution is 0.0662. The first-order valence-electron chi connectivity index (χ1n) is 5.98. The van der Waals surface area contributed by atoms with Crippen molar-refractivity contribution < 1.29 is 23.8 Å². The van der Waals surface area contributed by atoms with Crippen molar-refractivity contribution in [2.75, 3.05) is 16.7 Å². The first-order chi connectivity index (χ1) is 10.8. The molecule has 1 heterocycles. The van der Waals surface area contributed by atoms with Crippen molar-refractivity contribution in [2.24, 2.45) is 0 Å². The van der Waals surface area contributed by atoms with Crippen molar-refractivity contribution >= 4 is 59.4 Å². The number of amides is 2. The number of halogens is 2. The lowest BCUT2D eigenvalue weighted by atomic mass is 10.3. The van der Waals surface area contributed by atoms with Crippen molar-refractivity contribution in [1.82, 2.24) is 0 Å². The van der Waals surface area contributed by atoms with Gasteiger partial charge in [0.25, 0.3) is 0 Å². The number of benzene rings is 1. The zero-order valence-electron chi connectivity index (χ0n) is 11.5. The molecule has 0 aliphatic carbocycles. The lowest BCUT2D eigenvalue weighted by Gasteiger charge is -2.15. The number of hydrogen-bond donors (Lipinski definition) is 3. The predicted octanol–water partition coefficient (Wildman–Crippen LogP) is 4.18. The molecule has 23 heavy (non-hydrogen) atoms. The highest BCUT2D eigenvalue weighted by molar-refractivity contribution is 7.82. The summed E-state index contributed by atoms with van der Waals surface area (Å²) in [5, 5.41) is 11.7. The fourth-order valence-electron chi connectivity index (χ4n) is 1.67. The second-order valence-electron chi connectivity index (χ2n) is 4.19. The lowest BCUT2D eigenvalue weighted by Crippen LogP contribution is -2.26. The molecule has 0 unspecified atom stereocenters. The maximum atomic E-state index is 12.1. The number of anilines is 2. The number of methoxy groups -OCH3 is 1. The van der Waals surface area contributed by atoms with Gasteiger partial charge in [-0.1, -0.05) is 36.0 Å². The second-order valence-corrected chi connectivity index (χ2v) is 5.40. The van der Waals surface area contributed by atoms with Crippen molar-refractivity contribution in [2.45, 2.75) is 0 Å². The quantitative estimate of drug-likeness (QED) is 0.696. The van der Waals surface area contributed by atoms with Gasteiger partial charge in [-0.15, -0.1) is 0 Å². The molecule has 0 saturated carbocycles. The number of nitrogens with one attached hydrogen (secondary N) is 1. The van der Waals surface area contributed by atoms with Crippen LogP contribution in [0.15, 0.2) is 28.9 Å². The van der Waals surface area contributed by atoms with Crippen LogP contribution in [0.2, 0.25) is 10.0 Å². The number of carbonyl (C=O) groups is 2. The highest BCUT2D eigenvalue weighted by atomic mass is 35.5. The highest BCUT2D eigenvalue weighted by Gasteiger charge is 2.18. The van der Waals surface area contributed by atoms with Crippen LogP contribution in [-0.2, 0) is 0 Å². The van der Waals surface area contributed by atoms with Crippen LogP contribution < -0.4 is 14.4 Å². The molecule has 10 heteroatoms. The summed E-state index contributed by atoms with van der Waals surface area (Å²) in [6.07, 6.45) is 1.09. The van der Waals surface area contributed by atoms with Gasteiger partial charge < -0.3 is 19.6 Å². The Bertz CT molecular complexity index is 742. The van der Waals surface area contributed by atoms with Gasteiger partial charge in [0.05, 0.1) is 22.8 Å². The van der Waals surface area contributed by atoms with Crippen molar-refractivity contribution in [3.8, 4) is 5.75 Å². The van der Waals surface area contributed by atoms with E-state index in [2.05, 4.69) is 18.1 Å². The van der Waals surface area contributed by atoms with E-state index in [1.165, 1.54) is 19.2 Å². The normalized spacial score (nSPS) is 10.3. The molecule has 0 fully saturated rings. The standard InChI is InChI=1S/C13H10Cl2N2O5S/c1-21-11-8(14)2-6(3-9(11)15)16-13(20)17(23)7-4-10(12(18)19)22-5-7/h2-5,23H,1H3,(H,16,20)(H,18,19). The van der Waals surface area contributed by atoms with E-state index in [0.717, 1.165) is 16.6 Å². The number of aromatic carboxylic acids is 1. The van der Waals surface area contributed by atoms with Crippen LogP contribution in [0, 0.1) is 0 Å². The van der Waals surface area contributed by atoms with Gasteiger partial charge in [0.1, 0.15) is 6.26 Å². The third-order valence-electron chi connectivity index (χ3n) is 2.69. The van der Waals surface area contributed by atoms with Gasteiger partial charge in [-0.2, -0.15) is 0 Å². The number of hydrogen-bond acceptors (Lipinski definition) is 5. The summed E-state index contributed by atoms with van der Waals surface area (Å²) in [7, 11) is 1.42. The van der Waals surface area contributed by atoms with E-state index in [-0.39, 0.29) is 27.2 Å². The third kappa shape index (κ3) is 3.84. The van der Waals surface area contributed by atoms with Crippen LogP contribution in [0.4, 0.5) is 16.2 Å². The van der Waals surface area contributed by atoms with Crippen LogP contribution in [0.3, 0.4) is 0 Å². The summed E-state index contributed by atoms with van der Waals surface area (Å²) in [5.74, 6) is -1.29. The summed E-state index contributed by atoms with van der Waals surface area (Å²) in [5.41, 5.74) is 0.459. The van der Waals surface area contributed by atoms with Crippen LogP contribution in [0.1, 0.15) is 10.6 Å². The topological polar surface area (TPSA) is 92.0 Å². The molecule has 0 aliphatic heterocycles. The number of urea groups is 1. The van der Waals surface area contributed by atoms with E-state index in [1.54, 1.807) is 0 Å². The summed E-state index contributed by atoms with van der Waals surface area (Å²) in [6, 6.07) is 3.39. The Hall–Kier alpha value is -2.03. The molecule has 2 N–H and O–H groups in total. The average Bonchev–Trinajstić information content (AvgIpc) is 2.96. The molecule has 7 nitrogen and oxygen atoms in total. The number of carboxylic acid groups (broad SMARTS) is 1. The number of ether oxygens (including phenoxy) is 1. The number of carboxylic acids is 1. The van der Waals surface area contributed by atoms with Gasteiger partial charge in [-0.25, -0.2) is 13.9 Å². The molecule has 122 valence electrons. The van der Waals surface area contributed by atoms with E-state index in [4.69, 9.17) is 37.5 Å². The smallest absolute Gasteiger partial charge is 0.371 e. The van der Waals surface area contributed by atoms with Gasteiger partial charge in [0.15, 0.2) is 5.75 Å². The van der Waals surface area contributed by atoms with E-state index >= 15 is 0 Å². The zero-order valence-corrected chi connectivity index (χ0v) is 13.9. The number of furan rings is 1. The molecule has 2 amide bonds. The Balaban J connectivity index is 2.16. The van der Waals surface area contributed by atoms with Crippen molar-refractivity contribution in [3.63, 3.8) is 0 Å². The first kappa shape index (κ1) is 17.3. The minimum atomic E-state index is -1.26. The van der Waals surface area contributed by atoms with E-state index in [1.807, 2.05) is 0 Å². The van der Waals surface area contributed by atoms with E-state index in [0.29, 0.717) is 5.69 Å². The molecule has 0 aliphatic rings. The Labute approximate surface area is 146 Å². The van der Waals surface area contributed by atoms with Crippen LogP contribution in [-0.4, -0.2) is 24.2 Å². The minimum Gasteiger partial charge on any atom is -0.494 e. The molecule has 0 bridgehead atoms. The molecule has 1 aromatic heterocycles. The Morgan fingerprint density at radius 1 is 1.30 bits per heavy atom. The van der Waals surface area contributed by atoms with Crippen LogP contribution in [0.25, 0.3) is 0 Å². The molecule has 0 radical (unpaired) electrons. The van der Waals surface area contributed by atoms with E-state index < -0.39 is 12.0 Å². The van der Waals surface area contributed by atoms with Crippen LogP contribution in [0.5, 0.6) is 5.75 Å². The Kier molecular flexibility index (Phi) is 5.30. The molecular weight excluding hydrogens is 367 g/mol. The predicted molar refractivity (Wildman–Crippen MR) is 89.2 cm³/mol. The van der Waals surface area contributed by atoms with Gasteiger partial charge in [-0.3, -0.25) is 0 Å². The van der Waals surface area contributed by atoms with Crippen molar-refractivity contribution in [1.29, 1.82) is 0 Å². The summed E-state index contributed by atoms with van der Waals surface area (Å²) in [6.45, 7) is 0. The third-order valence-corrected chi connectivity index (χ3v) is 3.66. The second kappa shape index (κ2) is 7.03. The zero-order chi connectivity index (χ0) is 17.1. The van der Waals surface area contributed by atoms with Gasteiger partial charge >= 0.3 is 12.0 Å². The fourth-order valence-corrected chi connectivity index (χ4v) is 2.47. The molecular formula is C13H10Cl2N2O5S. The molecule has 2 rings (SSSR count). The number of rotatable bonds is 4. The molecule has 1 aromatic carbocycles. The Morgan fingerprint density at radius 2 is 1.91 bits per heavy atom. The fraction of sp³-hybridized carbons (Fsp3) is 0.0769. The number of nitrogens with zero attached hydrogens (tertiary/aromatic N) is 1. The van der Waals surface area contributed by atoms with Gasteiger partial charge in [0, 0.05) is 11.8 Å². The van der Waals surface area contributed by atoms with Gasteiger partial charge in [-0.05, 0) is 12.1 Å². The molecule has 2 aromatic rings. The summed E-state index contributed by atoms with van der Waals surface area (Å²) >= 11 is 16.0. The molecule has 0 atom stereocenters. The largest absolute Gasteiger partial charge is 0.494 e. The highest BCUT2D eigenvalue weighted by Crippen LogP contribution is 2.35.